The molecule has 2 saturated carbocycles. The van der Waals surface area contributed by atoms with Crippen LogP contribution >= 0.6 is 11.3 Å². The highest BCUT2D eigenvalue weighted by Gasteiger charge is 2.59. The number of hydrogen-bond acceptors (Lipinski definition) is 4. The Kier molecular flexibility index (Phi) is 4.41. The molecular weight excluding hydrogens is 298 g/mol. The van der Waals surface area contributed by atoms with Crippen LogP contribution in [0.3, 0.4) is 0 Å². The fourth-order valence-corrected chi connectivity index (χ4v) is 4.47. The zero-order valence-electron chi connectivity index (χ0n) is 13.6. The molecule has 2 atom stereocenters. The van der Waals surface area contributed by atoms with Crippen LogP contribution in [-0.4, -0.2) is 41.7 Å². The standard InChI is InChI=1S/C16H25N3O2S/c1-4-21-13-8-12(16(13)6-5-7-16)18-15(20)19(3)9-14-17-11(2)10-22-14/h10,12-13H,4-9H2,1-3H3,(H,18,20)/t12-,13+/m1/s1. The molecule has 1 aromatic rings. The summed E-state index contributed by atoms with van der Waals surface area (Å²) >= 11 is 1.60. The topological polar surface area (TPSA) is 54.5 Å². The van der Waals surface area contributed by atoms with Crippen molar-refractivity contribution in [3.05, 3.63) is 16.1 Å². The molecule has 0 aromatic carbocycles. The largest absolute Gasteiger partial charge is 0.378 e. The number of aryl methyl sites for hydroxylation is 1. The maximum atomic E-state index is 12.4. The zero-order chi connectivity index (χ0) is 15.7. The zero-order valence-corrected chi connectivity index (χ0v) is 14.4. The van der Waals surface area contributed by atoms with Gasteiger partial charge >= 0.3 is 6.03 Å². The number of rotatable bonds is 5. The summed E-state index contributed by atoms with van der Waals surface area (Å²) in [7, 11) is 1.83. The van der Waals surface area contributed by atoms with Crippen LogP contribution in [0, 0.1) is 12.3 Å². The number of nitrogens with one attached hydrogen (secondary N) is 1. The minimum absolute atomic E-state index is 0.000855. The molecule has 2 amide bonds. The summed E-state index contributed by atoms with van der Waals surface area (Å²) in [6.45, 7) is 5.35. The maximum absolute atomic E-state index is 12.4. The summed E-state index contributed by atoms with van der Waals surface area (Å²) in [5.74, 6) is 0. The molecule has 0 unspecified atom stereocenters. The lowest BCUT2D eigenvalue weighted by molar-refractivity contribution is -0.169. The van der Waals surface area contributed by atoms with Crippen LogP contribution in [0.2, 0.25) is 0 Å². The first kappa shape index (κ1) is 15.7. The van der Waals surface area contributed by atoms with Crippen LogP contribution in [-0.2, 0) is 11.3 Å². The Morgan fingerprint density at radius 1 is 1.59 bits per heavy atom. The second-order valence-corrected chi connectivity index (χ2v) is 7.45. The molecule has 1 spiro atoms. The van der Waals surface area contributed by atoms with Crippen molar-refractivity contribution in [3.8, 4) is 0 Å². The Morgan fingerprint density at radius 3 is 2.91 bits per heavy atom. The van der Waals surface area contributed by atoms with Gasteiger partial charge in [-0.1, -0.05) is 6.42 Å². The van der Waals surface area contributed by atoms with E-state index in [0.717, 1.165) is 23.7 Å². The number of ether oxygens (including phenoxy) is 1. The quantitative estimate of drug-likeness (QED) is 0.906. The number of amides is 2. The number of hydrogen-bond donors (Lipinski definition) is 1. The number of carbonyl (C=O) groups is 1. The second-order valence-electron chi connectivity index (χ2n) is 6.51. The second kappa shape index (κ2) is 6.16. The lowest BCUT2D eigenvalue weighted by Crippen LogP contribution is -2.68. The minimum atomic E-state index is -0.000855. The lowest BCUT2D eigenvalue weighted by atomic mass is 9.51. The Hall–Kier alpha value is -1.14. The van der Waals surface area contributed by atoms with E-state index in [4.69, 9.17) is 4.74 Å². The third-order valence-electron chi connectivity index (χ3n) is 5.12. The van der Waals surface area contributed by atoms with Crippen LogP contribution in [0.1, 0.15) is 43.3 Å². The fraction of sp³-hybridized carbons (Fsp3) is 0.750. The summed E-state index contributed by atoms with van der Waals surface area (Å²) in [4.78, 5) is 18.5. The van der Waals surface area contributed by atoms with Crippen molar-refractivity contribution in [2.75, 3.05) is 13.7 Å². The van der Waals surface area contributed by atoms with E-state index in [1.165, 1.54) is 19.3 Å². The van der Waals surface area contributed by atoms with E-state index in [1.54, 1.807) is 16.2 Å². The van der Waals surface area contributed by atoms with Crippen LogP contribution in [0.5, 0.6) is 0 Å². The first-order valence-corrected chi connectivity index (χ1v) is 8.97. The molecule has 3 rings (SSSR count). The Morgan fingerprint density at radius 2 is 2.36 bits per heavy atom. The Balaban J connectivity index is 1.53. The molecule has 6 heteroatoms. The van der Waals surface area contributed by atoms with Gasteiger partial charge in [0.15, 0.2) is 0 Å². The molecule has 122 valence electrons. The molecule has 0 bridgehead atoms. The van der Waals surface area contributed by atoms with E-state index < -0.39 is 0 Å². The monoisotopic (exact) mass is 323 g/mol. The number of carbonyl (C=O) groups excluding carboxylic acids is 1. The minimum Gasteiger partial charge on any atom is -0.378 e. The molecule has 0 aliphatic heterocycles. The van der Waals surface area contributed by atoms with Gasteiger partial charge in [0.1, 0.15) is 5.01 Å². The van der Waals surface area contributed by atoms with Gasteiger partial charge in [0.25, 0.3) is 0 Å². The van der Waals surface area contributed by atoms with Crippen molar-refractivity contribution in [2.24, 2.45) is 5.41 Å². The maximum Gasteiger partial charge on any atom is 0.317 e. The molecule has 1 aromatic heterocycles. The molecule has 2 fully saturated rings. The van der Waals surface area contributed by atoms with Crippen molar-refractivity contribution in [1.29, 1.82) is 0 Å². The van der Waals surface area contributed by atoms with E-state index in [2.05, 4.69) is 10.3 Å². The molecule has 1 N–H and O–H groups in total. The van der Waals surface area contributed by atoms with E-state index >= 15 is 0 Å². The van der Waals surface area contributed by atoms with Crippen molar-refractivity contribution in [3.63, 3.8) is 0 Å². The van der Waals surface area contributed by atoms with Crippen molar-refractivity contribution in [2.45, 2.75) is 58.2 Å². The van der Waals surface area contributed by atoms with Crippen molar-refractivity contribution < 1.29 is 9.53 Å². The highest BCUT2D eigenvalue weighted by Crippen LogP contribution is 2.57. The molecule has 2 aliphatic carbocycles. The summed E-state index contributed by atoms with van der Waals surface area (Å²) in [5.41, 5.74) is 1.23. The highest BCUT2D eigenvalue weighted by molar-refractivity contribution is 7.09. The van der Waals surface area contributed by atoms with Gasteiger partial charge < -0.3 is 15.0 Å². The molecule has 22 heavy (non-hydrogen) atoms. The van der Waals surface area contributed by atoms with Gasteiger partial charge in [0.2, 0.25) is 0 Å². The van der Waals surface area contributed by atoms with Crippen LogP contribution in [0.4, 0.5) is 4.79 Å². The summed E-state index contributed by atoms with van der Waals surface area (Å²) < 4.78 is 5.83. The molecular formula is C16H25N3O2S. The Labute approximate surface area is 136 Å². The highest BCUT2D eigenvalue weighted by atomic mass is 32.1. The molecule has 1 heterocycles. The predicted molar refractivity (Wildman–Crippen MR) is 87.0 cm³/mol. The molecule has 2 aliphatic rings. The van der Waals surface area contributed by atoms with E-state index in [0.29, 0.717) is 12.6 Å². The normalized spacial score (nSPS) is 25.4. The number of aromatic nitrogens is 1. The average molecular weight is 323 g/mol. The first-order valence-electron chi connectivity index (χ1n) is 8.09. The van der Waals surface area contributed by atoms with Gasteiger partial charge in [0, 0.05) is 36.2 Å². The molecule has 0 radical (unpaired) electrons. The average Bonchev–Trinajstić information content (AvgIpc) is 2.80. The van der Waals surface area contributed by atoms with Gasteiger partial charge in [-0.25, -0.2) is 9.78 Å². The molecule has 0 saturated heterocycles. The van der Waals surface area contributed by atoms with Crippen molar-refractivity contribution in [1.82, 2.24) is 15.2 Å². The number of urea groups is 1. The summed E-state index contributed by atoms with van der Waals surface area (Å²) in [6, 6.07) is 0.268. The first-order chi connectivity index (χ1) is 10.5. The van der Waals surface area contributed by atoms with Crippen LogP contribution < -0.4 is 5.32 Å². The van der Waals surface area contributed by atoms with Gasteiger partial charge in [-0.3, -0.25) is 0 Å². The van der Waals surface area contributed by atoms with Gasteiger partial charge in [-0.05, 0) is 33.1 Å². The third kappa shape index (κ3) is 2.74. The number of nitrogens with zero attached hydrogens (tertiary/aromatic N) is 2. The van der Waals surface area contributed by atoms with E-state index in [9.17, 15) is 4.79 Å². The van der Waals surface area contributed by atoms with Crippen LogP contribution in [0.15, 0.2) is 5.38 Å². The van der Waals surface area contributed by atoms with Gasteiger partial charge in [-0.2, -0.15) is 0 Å². The number of thiazole rings is 1. The smallest absolute Gasteiger partial charge is 0.317 e. The third-order valence-corrected chi connectivity index (χ3v) is 6.07. The van der Waals surface area contributed by atoms with Crippen LogP contribution in [0.25, 0.3) is 0 Å². The van der Waals surface area contributed by atoms with Gasteiger partial charge in [0.05, 0.1) is 12.6 Å². The van der Waals surface area contributed by atoms with E-state index in [-0.39, 0.29) is 17.5 Å². The predicted octanol–water partition coefficient (Wildman–Crippen LogP) is 2.94. The Bertz CT molecular complexity index is 541. The van der Waals surface area contributed by atoms with E-state index in [1.807, 2.05) is 26.3 Å². The lowest BCUT2D eigenvalue weighted by Gasteiger charge is -2.61. The fourth-order valence-electron chi connectivity index (χ4n) is 3.65. The van der Waals surface area contributed by atoms with Crippen molar-refractivity contribution >= 4 is 17.4 Å². The molecule has 5 nitrogen and oxygen atoms in total. The van der Waals surface area contributed by atoms with Gasteiger partial charge in [-0.15, -0.1) is 11.3 Å². The summed E-state index contributed by atoms with van der Waals surface area (Å²) in [5, 5.41) is 6.21. The SMILES string of the molecule is CCO[C@H]1C[C@@H](NC(=O)N(C)Cc2nc(C)cs2)C12CCC2. The summed E-state index contributed by atoms with van der Waals surface area (Å²) in [6.07, 6.45) is 4.90.